The average Bonchev–Trinajstić information content (AvgIpc) is 2.74. The van der Waals surface area contributed by atoms with E-state index in [0.717, 1.165) is 0 Å². The number of nitrogens with zero attached hydrogens (tertiary/aromatic N) is 4. The number of fused-ring (bicyclic) bond motifs is 1. The van der Waals surface area contributed by atoms with Gasteiger partial charge in [-0.25, -0.2) is 13.9 Å². The molecule has 2 heterocycles. The number of halogens is 2. The third kappa shape index (κ3) is 3.39. The zero-order chi connectivity index (χ0) is 16.8. The molecule has 0 N–H and O–H groups in total. The summed E-state index contributed by atoms with van der Waals surface area (Å²) < 4.78 is 20.6. The molecule has 1 aromatic carbocycles. The Morgan fingerprint density at radius 1 is 1.43 bits per heavy atom. The maximum Gasteiger partial charge on any atom is 0.410 e. The largest absolute Gasteiger partial charge is 0.444 e. The van der Waals surface area contributed by atoms with Crippen LogP contribution in [0, 0.1) is 11.7 Å². The summed E-state index contributed by atoms with van der Waals surface area (Å²) >= 11 is 5.74. The lowest BCUT2D eigenvalue weighted by Crippen LogP contribution is -2.52. The number of hydrogen-bond donors (Lipinski definition) is 0. The summed E-state index contributed by atoms with van der Waals surface area (Å²) in [5.74, 6) is -0.252. The molecule has 0 unspecified atom stereocenters. The molecule has 2 aromatic rings. The van der Waals surface area contributed by atoms with E-state index in [2.05, 4.69) is 10.3 Å². The van der Waals surface area contributed by atoms with Gasteiger partial charge in [0.2, 0.25) is 0 Å². The molecule has 0 atom stereocenters. The van der Waals surface area contributed by atoms with E-state index in [1.165, 1.54) is 12.1 Å². The van der Waals surface area contributed by atoms with Gasteiger partial charge in [0, 0.05) is 31.6 Å². The zero-order valence-corrected chi connectivity index (χ0v) is 14.0. The number of benzene rings is 1. The third-order valence-electron chi connectivity index (χ3n) is 3.60. The molecule has 8 heteroatoms. The van der Waals surface area contributed by atoms with Gasteiger partial charge < -0.3 is 9.64 Å². The highest BCUT2D eigenvalue weighted by atomic mass is 35.5. The predicted molar refractivity (Wildman–Crippen MR) is 83.8 cm³/mol. The minimum atomic E-state index is -0.499. The Morgan fingerprint density at radius 3 is 2.78 bits per heavy atom. The van der Waals surface area contributed by atoms with Gasteiger partial charge in [-0.2, -0.15) is 0 Å². The van der Waals surface area contributed by atoms with Crippen LogP contribution in [0.3, 0.4) is 0 Å². The van der Waals surface area contributed by atoms with Crippen molar-refractivity contribution in [2.24, 2.45) is 5.92 Å². The van der Waals surface area contributed by atoms with Crippen LogP contribution in [0.1, 0.15) is 20.8 Å². The van der Waals surface area contributed by atoms with E-state index in [4.69, 9.17) is 16.3 Å². The van der Waals surface area contributed by atoms with Gasteiger partial charge in [-0.1, -0.05) is 16.8 Å². The van der Waals surface area contributed by atoms with Gasteiger partial charge in [-0.05, 0) is 26.8 Å². The molecular formula is C15H18ClFN4O2. The molecule has 124 valence electrons. The van der Waals surface area contributed by atoms with E-state index in [0.29, 0.717) is 30.7 Å². The lowest BCUT2D eigenvalue weighted by molar-refractivity contribution is -0.00371. The lowest BCUT2D eigenvalue weighted by atomic mass is 10.0. The van der Waals surface area contributed by atoms with Crippen LogP contribution >= 0.6 is 11.6 Å². The fourth-order valence-corrected chi connectivity index (χ4v) is 2.66. The predicted octanol–water partition coefficient (Wildman–Crippen LogP) is 3.09. The Kier molecular flexibility index (Phi) is 3.91. The normalized spacial score (nSPS) is 15.8. The van der Waals surface area contributed by atoms with Gasteiger partial charge in [0.15, 0.2) is 0 Å². The first-order chi connectivity index (χ1) is 10.7. The summed E-state index contributed by atoms with van der Waals surface area (Å²) in [6.07, 6.45) is -0.310. The molecule has 1 aliphatic heterocycles. The van der Waals surface area contributed by atoms with Crippen molar-refractivity contribution in [1.82, 2.24) is 19.9 Å². The highest BCUT2D eigenvalue weighted by molar-refractivity contribution is 6.31. The van der Waals surface area contributed by atoms with Crippen LogP contribution in [0.4, 0.5) is 9.18 Å². The fraction of sp³-hybridized carbons (Fsp3) is 0.533. The number of aromatic nitrogens is 3. The van der Waals surface area contributed by atoms with Crippen LogP contribution in [0.2, 0.25) is 5.02 Å². The van der Waals surface area contributed by atoms with Crippen LogP contribution in [0.25, 0.3) is 11.0 Å². The Bertz CT molecular complexity index is 750. The first-order valence-corrected chi connectivity index (χ1v) is 7.77. The van der Waals surface area contributed by atoms with Crippen molar-refractivity contribution in [3.8, 4) is 0 Å². The lowest BCUT2D eigenvalue weighted by Gasteiger charge is -2.39. The summed E-state index contributed by atoms with van der Waals surface area (Å²) in [5, 5.41) is 8.06. The van der Waals surface area contributed by atoms with Crippen molar-refractivity contribution in [3.05, 3.63) is 23.0 Å². The minimum Gasteiger partial charge on any atom is -0.444 e. The molecule has 3 rings (SSSR count). The Hall–Kier alpha value is -1.89. The highest BCUT2D eigenvalue weighted by Crippen LogP contribution is 2.24. The fourth-order valence-electron chi connectivity index (χ4n) is 2.50. The van der Waals surface area contributed by atoms with Crippen molar-refractivity contribution in [1.29, 1.82) is 0 Å². The van der Waals surface area contributed by atoms with E-state index in [1.807, 2.05) is 20.8 Å². The molecule has 23 heavy (non-hydrogen) atoms. The van der Waals surface area contributed by atoms with E-state index in [1.54, 1.807) is 9.58 Å². The van der Waals surface area contributed by atoms with Crippen molar-refractivity contribution in [3.63, 3.8) is 0 Å². The number of rotatable bonds is 2. The number of likely N-dealkylation sites (tertiary alicyclic amines) is 1. The molecule has 0 radical (unpaired) electrons. The van der Waals surface area contributed by atoms with E-state index < -0.39 is 11.4 Å². The molecule has 0 saturated carbocycles. The molecule has 6 nitrogen and oxygen atoms in total. The standard InChI is InChI=1S/C15H18ClFN4O2/c1-15(2,3)23-14(22)20-6-9(7-20)8-21-13-5-11(17)10(16)4-12(13)18-19-21/h4-5,9H,6-8H2,1-3H3. The molecule has 1 aromatic heterocycles. The molecule has 1 aliphatic rings. The molecule has 1 saturated heterocycles. The Labute approximate surface area is 138 Å². The van der Waals surface area contributed by atoms with Crippen molar-refractivity contribution >= 4 is 28.7 Å². The quantitative estimate of drug-likeness (QED) is 0.843. The second-order valence-electron chi connectivity index (χ2n) is 6.78. The van der Waals surface area contributed by atoms with Gasteiger partial charge in [0.25, 0.3) is 0 Å². The maximum absolute atomic E-state index is 13.6. The Balaban J connectivity index is 1.62. The van der Waals surface area contributed by atoms with Crippen molar-refractivity contribution < 1.29 is 13.9 Å². The van der Waals surface area contributed by atoms with Crippen LogP contribution < -0.4 is 0 Å². The van der Waals surface area contributed by atoms with E-state index in [-0.39, 0.29) is 17.0 Å². The summed E-state index contributed by atoms with van der Waals surface area (Å²) in [5.41, 5.74) is 0.656. The summed E-state index contributed by atoms with van der Waals surface area (Å²) in [6.45, 7) is 7.26. The van der Waals surface area contributed by atoms with Gasteiger partial charge in [-0.3, -0.25) is 0 Å². The smallest absolute Gasteiger partial charge is 0.410 e. The van der Waals surface area contributed by atoms with E-state index in [9.17, 15) is 9.18 Å². The topological polar surface area (TPSA) is 60.2 Å². The van der Waals surface area contributed by atoms with Gasteiger partial charge in [0.05, 0.1) is 10.5 Å². The van der Waals surface area contributed by atoms with Crippen LogP contribution in [0.15, 0.2) is 12.1 Å². The third-order valence-corrected chi connectivity index (χ3v) is 3.89. The van der Waals surface area contributed by atoms with Crippen LogP contribution in [-0.4, -0.2) is 44.7 Å². The van der Waals surface area contributed by atoms with Gasteiger partial charge in [-0.15, -0.1) is 5.10 Å². The van der Waals surface area contributed by atoms with Crippen LogP contribution in [0.5, 0.6) is 0 Å². The summed E-state index contributed by atoms with van der Waals surface area (Å²) in [4.78, 5) is 13.5. The highest BCUT2D eigenvalue weighted by Gasteiger charge is 2.34. The SMILES string of the molecule is CC(C)(C)OC(=O)N1CC(Cn2nnc3cc(Cl)c(F)cc32)C1. The monoisotopic (exact) mass is 340 g/mol. The van der Waals surface area contributed by atoms with Gasteiger partial charge in [0.1, 0.15) is 16.9 Å². The van der Waals surface area contributed by atoms with Gasteiger partial charge >= 0.3 is 6.09 Å². The van der Waals surface area contributed by atoms with E-state index >= 15 is 0 Å². The zero-order valence-electron chi connectivity index (χ0n) is 13.2. The average molecular weight is 341 g/mol. The Morgan fingerprint density at radius 2 is 2.13 bits per heavy atom. The summed E-state index contributed by atoms with van der Waals surface area (Å²) in [7, 11) is 0. The molecule has 0 bridgehead atoms. The first-order valence-electron chi connectivity index (χ1n) is 7.39. The number of carbonyl (C=O) groups is 1. The number of amides is 1. The molecule has 0 aliphatic carbocycles. The maximum atomic E-state index is 13.6. The van der Waals surface area contributed by atoms with Crippen LogP contribution in [-0.2, 0) is 11.3 Å². The van der Waals surface area contributed by atoms with Crippen molar-refractivity contribution in [2.75, 3.05) is 13.1 Å². The second-order valence-corrected chi connectivity index (χ2v) is 7.19. The first kappa shape index (κ1) is 16.0. The molecule has 1 fully saturated rings. The molecule has 0 spiro atoms. The molecule has 1 amide bonds. The summed E-state index contributed by atoms with van der Waals surface area (Å²) in [6, 6.07) is 2.80. The number of ether oxygens (including phenoxy) is 1. The minimum absolute atomic E-state index is 0.0318. The molecular weight excluding hydrogens is 323 g/mol. The number of carbonyl (C=O) groups excluding carboxylic acids is 1. The van der Waals surface area contributed by atoms with Crippen molar-refractivity contribution in [2.45, 2.75) is 32.9 Å². The number of hydrogen-bond acceptors (Lipinski definition) is 4. The second kappa shape index (κ2) is 5.63.